The third-order valence-corrected chi connectivity index (χ3v) is 5.17. The summed E-state index contributed by atoms with van der Waals surface area (Å²) in [6.07, 6.45) is -4.74. The predicted octanol–water partition coefficient (Wildman–Crippen LogP) is 3.72. The van der Waals surface area contributed by atoms with Gasteiger partial charge in [-0.1, -0.05) is 12.1 Å². The van der Waals surface area contributed by atoms with Gasteiger partial charge in [0.05, 0.1) is 17.1 Å². The Labute approximate surface area is 199 Å². The molecule has 0 aliphatic carbocycles. The number of alkyl halides is 3. The Hall–Kier alpha value is -3.67. The second-order valence-corrected chi connectivity index (χ2v) is 8.19. The largest absolute Gasteiger partial charge is 0.484 e. The van der Waals surface area contributed by atoms with Crippen LogP contribution in [0.3, 0.4) is 0 Å². The quantitative estimate of drug-likeness (QED) is 0.463. The fourth-order valence-corrected chi connectivity index (χ4v) is 3.68. The van der Waals surface area contributed by atoms with Crippen LogP contribution < -0.4 is 10.1 Å². The molecule has 0 spiro atoms. The van der Waals surface area contributed by atoms with Crippen LogP contribution in [0.15, 0.2) is 42.5 Å². The van der Waals surface area contributed by atoms with E-state index in [1.807, 2.05) is 13.8 Å². The van der Waals surface area contributed by atoms with Gasteiger partial charge in [-0.3, -0.25) is 19.7 Å². The van der Waals surface area contributed by atoms with Crippen molar-refractivity contribution in [3.63, 3.8) is 0 Å². The highest BCUT2D eigenvalue weighted by atomic mass is 19.4. The molecule has 2 amide bonds. The molecule has 1 N–H and O–H groups in total. The van der Waals surface area contributed by atoms with Crippen LogP contribution in [0.5, 0.6) is 5.75 Å². The molecular weight excluding hydrogens is 471 g/mol. The fourth-order valence-electron chi connectivity index (χ4n) is 3.68. The average molecular weight is 495 g/mol. The lowest BCUT2D eigenvalue weighted by molar-refractivity contribution is -0.385. The molecule has 2 aromatic rings. The molecule has 2 atom stereocenters. The Morgan fingerprint density at radius 3 is 2.34 bits per heavy atom. The number of benzene rings is 2. The number of nitrogens with zero attached hydrogens (tertiary/aromatic N) is 2. The van der Waals surface area contributed by atoms with E-state index in [4.69, 9.17) is 4.74 Å². The highest BCUT2D eigenvalue weighted by molar-refractivity contribution is 5.98. The molecular formula is C23H24F3N3O6. The van der Waals surface area contributed by atoms with Gasteiger partial charge in [0.25, 0.3) is 17.5 Å². The van der Waals surface area contributed by atoms with Gasteiger partial charge in [-0.25, -0.2) is 0 Å². The van der Waals surface area contributed by atoms with Crippen molar-refractivity contribution in [3.05, 3.63) is 69.3 Å². The molecule has 3 rings (SSSR count). The van der Waals surface area contributed by atoms with Crippen molar-refractivity contribution in [2.24, 2.45) is 0 Å². The Balaban J connectivity index is 1.65. The van der Waals surface area contributed by atoms with E-state index in [9.17, 15) is 32.9 Å². The number of hydrogen-bond acceptors (Lipinski definition) is 6. The van der Waals surface area contributed by atoms with Gasteiger partial charge in [0, 0.05) is 31.3 Å². The van der Waals surface area contributed by atoms with Gasteiger partial charge in [0.1, 0.15) is 11.3 Å². The molecule has 0 radical (unpaired) electrons. The summed E-state index contributed by atoms with van der Waals surface area (Å²) in [7, 11) is 0. The molecule has 0 aromatic heterocycles. The highest BCUT2D eigenvalue weighted by Gasteiger charge is 2.29. The molecule has 0 bridgehead atoms. The van der Waals surface area contributed by atoms with Crippen LogP contribution in [0.25, 0.3) is 0 Å². The minimum atomic E-state index is -4.60. The first kappa shape index (κ1) is 25.9. The van der Waals surface area contributed by atoms with Crippen molar-refractivity contribution >= 4 is 17.5 Å². The van der Waals surface area contributed by atoms with Crippen molar-refractivity contribution < 1.29 is 37.2 Å². The van der Waals surface area contributed by atoms with E-state index >= 15 is 0 Å². The summed E-state index contributed by atoms with van der Waals surface area (Å²) in [6, 6.07) is 9.30. The average Bonchev–Trinajstić information content (AvgIpc) is 2.79. The van der Waals surface area contributed by atoms with Crippen molar-refractivity contribution in [1.82, 2.24) is 10.2 Å². The first-order valence-corrected chi connectivity index (χ1v) is 10.7. The van der Waals surface area contributed by atoms with Gasteiger partial charge in [0.15, 0.2) is 6.61 Å². The van der Waals surface area contributed by atoms with Crippen molar-refractivity contribution in [3.8, 4) is 5.75 Å². The van der Waals surface area contributed by atoms with Crippen LogP contribution in [-0.4, -0.2) is 59.7 Å². The third kappa shape index (κ3) is 7.15. The SMILES string of the molecule is CC1CN(C(=O)c2ccc(CNC(=O)c3cc(OCC(F)(F)F)ccc3[N+](=O)[O-])cc2)CC(C)O1. The summed E-state index contributed by atoms with van der Waals surface area (Å²) in [5.74, 6) is -1.33. The molecule has 2 unspecified atom stereocenters. The number of amides is 2. The van der Waals surface area contributed by atoms with Gasteiger partial charge < -0.3 is 19.7 Å². The smallest absolute Gasteiger partial charge is 0.422 e. The molecule has 0 saturated carbocycles. The van der Waals surface area contributed by atoms with Gasteiger partial charge in [-0.05, 0) is 43.7 Å². The monoisotopic (exact) mass is 495 g/mol. The van der Waals surface area contributed by atoms with E-state index in [-0.39, 0.29) is 30.4 Å². The second-order valence-electron chi connectivity index (χ2n) is 8.19. The number of morpholine rings is 1. The molecule has 1 aliphatic rings. The van der Waals surface area contributed by atoms with Crippen molar-refractivity contribution in [2.75, 3.05) is 19.7 Å². The van der Waals surface area contributed by atoms with Crippen molar-refractivity contribution in [2.45, 2.75) is 38.8 Å². The lowest BCUT2D eigenvalue weighted by atomic mass is 10.1. The van der Waals surface area contributed by atoms with Crippen LogP contribution in [0, 0.1) is 10.1 Å². The summed E-state index contributed by atoms with van der Waals surface area (Å²) in [4.78, 5) is 37.5. The minimum Gasteiger partial charge on any atom is -0.484 e. The second kappa shape index (κ2) is 10.7. The van der Waals surface area contributed by atoms with Crippen LogP contribution in [0.4, 0.5) is 18.9 Å². The number of halogens is 3. The molecule has 1 heterocycles. The van der Waals surface area contributed by atoms with E-state index in [0.717, 1.165) is 18.2 Å². The van der Waals surface area contributed by atoms with Gasteiger partial charge in [0.2, 0.25) is 0 Å². The Morgan fingerprint density at radius 1 is 1.14 bits per heavy atom. The van der Waals surface area contributed by atoms with Crippen LogP contribution in [-0.2, 0) is 11.3 Å². The Bertz CT molecular complexity index is 1080. The van der Waals surface area contributed by atoms with E-state index in [0.29, 0.717) is 24.2 Å². The normalized spacial score (nSPS) is 18.1. The molecule has 12 heteroatoms. The fraction of sp³-hybridized carbons (Fsp3) is 0.391. The highest BCUT2D eigenvalue weighted by Crippen LogP contribution is 2.26. The zero-order valence-corrected chi connectivity index (χ0v) is 19.0. The molecule has 35 heavy (non-hydrogen) atoms. The van der Waals surface area contributed by atoms with E-state index in [2.05, 4.69) is 10.1 Å². The molecule has 9 nitrogen and oxygen atoms in total. The summed E-state index contributed by atoms with van der Waals surface area (Å²) in [6.45, 7) is 3.12. The Morgan fingerprint density at radius 2 is 1.77 bits per heavy atom. The maximum atomic E-state index is 12.8. The number of rotatable bonds is 7. The van der Waals surface area contributed by atoms with E-state index in [1.54, 1.807) is 29.2 Å². The number of carbonyl (C=O) groups is 2. The molecule has 188 valence electrons. The first-order valence-electron chi connectivity index (χ1n) is 10.7. The van der Waals surface area contributed by atoms with E-state index in [1.165, 1.54) is 0 Å². The Kier molecular flexibility index (Phi) is 7.95. The minimum absolute atomic E-state index is 0.0241. The van der Waals surface area contributed by atoms with Gasteiger partial charge in [-0.15, -0.1) is 0 Å². The number of hydrogen-bond donors (Lipinski definition) is 1. The predicted molar refractivity (Wildman–Crippen MR) is 118 cm³/mol. The van der Waals surface area contributed by atoms with Gasteiger partial charge >= 0.3 is 6.18 Å². The zero-order chi connectivity index (χ0) is 25.8. The number of ether oxygens (including phenoxy) is 2. The maximum absolute atomic E-state index is 12.8. The number of nitro benzene ring substituents is 1. The third-order valence-electron chi connectivity index (χ3n) is 5.17. The summed E-state index contributed by atoms with van der Waals surface area (Å²) in [5.41, 5.74) is 0.0751. The first-order chi connectivity index (χ1) is 16.4. The number of nitrogens with one attached hydrogen (secondary N) is 1. The maximum Gasteiger partial charge on any atom is 0.422 e. The zero-order valence-electron chi connectivity index (χ0n) is 19.0. The molecule has 1 fully saturated rings. The standard InChI is InChI=1S/C23H24F3N3O6/c1-14-11-28(12-15(2)35-14)22(31)17-5-3-16(4-6-17)10-27-21(30)19-9-18(34-13-23(24,25)26)7-8-20(19)29(32)33/h3-9,14-15H,10-13H2,1-2H3,(H,27,30). The lowest BCUT2D eigenvalue weighted by Crippen LogP contribution is -2.48. The molecule has 1 aliphatic heterocycles. The number of carbonyl (C=O) groups excluding carboxylic acids is 2. The summed E-state index contributed by atoms with van der Waals surface area (Å²) >= 11 is 0. The topological polar surface area (TPSA) is 111 Å². The van der Waals surface area contributed by atoms with Crippen molar-refractivity contribution in [1.29, 1.82) is 0 Å². The summed E-state index contributed by atoms with van der Waals surface area (Å²) in [5, 5.41) is 13.8. The number of nitro groups is 1. The lowest BCUT2D eigenvalue weighted by Gasteiger charge is -2.35. The van der Waals surface area contributed by atoms with Crippen LogP contribution in [0.2, 0.25) is 0 Å². The molecule has 1 saturated heterocycles. The van der Waals surface area contributed by atoms with Gasteiger partial charge in [-0.2, -0.15) is 13.2 Å². The van der Waals surface area contributed by atoms with Crippen LogP contribution >= 0.6 is 0 Å². The van der Waals surface area contributed by atoms with Crippen LogP contribution in [0.1, 0.15) is 40.1 Å². The molecule has 2 aromatic carbocycles. The summed E-state index contributed by atoms with van der Waals surface area (Å²) < 4.78 is 47.4. The van der Waals surface area contributed by atoms with E-state index < -0.39 is 34.9 Å².